The van der Waals surface area contributed by atoms with Gasteiger partial charge in [0.1, 0.15) is 10.8 Å². The second kappa shape index (κ2) is 4.84. The molecule has 0 amide bonds. The monoisotopic (exact) mass is 192 g/mol. The molecule has 0 aromatic heterocycles. The van der Waals surface area contributed by atoms with Crippen LogP contribution in [0.4, 0.5) is 0 Å². The quantitative estimate of drug-likeness (QED) is 0.625. The van der Waals surface area contributed by atoms with Crippen LogP contribution >= 0.6 is 0 Å². The van der Waals surface area contributed by atoms with Crippen LogP contribution in [-0.4, -0.2) is 4.21 Å². The van der Waals surface area contributed by atoms with E-state index < -0.39 is 10.8 Å². The summed E-state index contributed by atoms with van der Waals surface area (Å²) in [7, 11) is -1.15. The lowest BCUT2D eigenvalue weighted by Crippen LogP contribution is -1.86. The van der Waals surface area contributed by atoms with Gasteiger partial charge in [-0.25, -0.2) is 4.21 Å². The molecule has 0 fully saturated rings. The molecule has 2 heteroatoms. The third kappa shape index (κ3) is 3.04. The highest BCUT2D eigenvalue weighted by Gasteiger charge is 1.97. The number of aryl methyl sites for hydroxylation is 1. The van der Waals surface area contributed by atoms with Crippen molar-refractivity contribution in [1.29, 1.82) is 0 Å². The summed E-state index contributed by atoms with van der Waals surface area (Å²) in [6, 6.07) is 7.60. The minimum atomic E-state index is -1.15. The van der Waals surface area contributed by atoms with Gasteiger partial charge in [-0.3, -0.25) is 0 Å². The van der Waals surface area contributed by atoms with E-state index in [1.807, 2.05) is 38.1 Å². The molecule has 0 saturated carbocycles. The molecule has 0 aliphatic carbocycles. The van der Waals surface area contributed by atoms with Gasteiger partial charge in [0.2, 0.25) is 0 Å². The van der Waals surface area contributed by atoms with E-state index in [0.29, 0.717) is 0 Å². The Morgan fingerprint density at radius 2 is 1.92 bits per heavy atom. The molecule has 0 saturated heterocycles. The Morgan fingerprint density at radius 1 is 1.31 bits per heavy atom. The summed E-state index contributed by atoms with van der Waals surface area (Å²) in [5.41, 5.74) is 1.17. The van der Waals surface area contributed by atoms with Crippen LogP contribution in [0.1, 0.15) is 18.9 Å². The molecule has 0 N–H and O–H groups in total. The van der Waals surface area contributed by atoms with Gasteiger partial charge in [-0.15, -0.1) is 0 Å². The van der Waals surface area contributed by atoms with Crippen molar-refractivity contribution in [2.45, 2.75) is 25.2 Å². The third-order valence-electron chi connectivity index (χ3n) is 1.58. The van der Waals surface area contributed by atoms with Crippen LogP contribution < -0.4 is 0 Å². The highest BCUT2D eigenvalue weighted by Crippen LogP contribution is 2.07. The van der Waals surface area contributed by atoms with Crippen molar-refractivity contribution in [3.05, 3.63) is 29.8 Å². The van der Waals surface area contributed by atoms with E-state index in [1.165, 1.54) is 5.56 Å². The second-order valence-corrected chi connectivity index (χ2v) is 3.93. The molecule has 0 spiro atoms. The zero-order chi connectivity index (χ0) is 9.68. The Hall–Kier alpha value is -1.07. The summed E-state index contributed by atoms with van der Waals surface area (Å²) in [6.07, 6.45) is 0.748. The fourth-order valence-electron chi connectivity index (χ4n) is 0.859. The maximum Gasteiger partial charge on any atom is 0.130 e. The van der Waals surface area contributed by atoms with Gasteiger partial charge in [0.15, 0.2) is 0 Å². The molecule has 1 unspecified atom stereocenters. The third-order valence-corrected chi connectivity index (χ3v) is 2.61. The molecular weight excluding hydrogens is 180 g/mol. The first kappa shape index (κ1) is 10.0. The lowest BCUT2D eigenvalue weighted by atomic mass is 10.2. The van der Waals surface area contributed by atoms with Crippen LogP contribution in [0.5, 0.6) is 0 Å². The minimum Gasteiger partial charge on any atom is -0.240 e. The molecule has 0 radical (unpaired) electrons. The molecular formula is C11H12OS. The zero-order valence-electron chi connectivity index (χ0n) is 7.83. The van der Waals surface area contributed by atoms with E-state index in [4.69, 9.17) is 0 Å². The van der Waals surface area contributed by atoms with Gasteiger partial charge < -0.3 is 0 Å². The van der Waals surface area contributed by atoms with Gasteiger partial charge in [0.25, 0.3) is 0 Å². The van der Waals surface area contributed by atoms with Gasteiger partial charge in [-0.2, -0.15) is 0 Å². The zero-order valence-corrected chi connectivity index (χ0v) is 8.65. The number of rotatable bonds is 1. The molecule has 0 aliphatic heterocycles. The predicted molar refractivity (Wildman–Crippen MR) is 55.7 cm³/mol. The van der Waals surface area contributed by atoms with Gasteiger partial charge in [0.05, 0.1) is 4.90 Å². The van der Waals surface area contributed by atoms with Crippen molar-refractivity contribution >= 4 is 10.8 Å². The highest BCUT2D eigenvalue weighted by molar-refractivity contribution is 7.89. The average molecular weight is 192 g/mol. The lowest BCUT2D eigenvalue weighted by molar-refractivity contribution is 0.689. The standard InChI is InChI=1S/C11H12OS/c1-3-4-9-13(12)11-7-5-10(2)6-8-11/h5-8H,3H2,1-2H3. The van der Waals surface area contributed by atoms with Crippen LogP contribution in [0.2, 0.25) is 0 Å². The molecule has 1 atom stereocenters. The Bertz CT molecular complexity index is 354. The number of hydrogen-bond donors (Lipinski definition) is 0. The van der Waals surface area contributed by atoms with Crippen LogP contribution in [0, 0.1) is 18.1 Å². The van der Waals surface area contributed by atoms with E-state index >= 15 is 0 Å². The first-order chi connectivity index (χ1) is 6.24. The molecule has 0 aliphatic rings. The molecule has 0 bridgehead atoms. The van der Waals surface area contributed by atoms with Crippen molar-refractivity contribution in [2.75, 3.05) is 0 Å². The molecule has 1 rings (SSSR count). The number of hydrogen-bond acceptors (Lipinski definition) is 1. The van der Waals surface area contributed by atoms with Crippen molar-refractivity contribution in [3.63, 3.8) is 0 Å². The Kier molecular flexibility index (Phi) is 3.72. The van der Waals surface area contributed by atoms with Crippen LogP contribution in [-0.2, 0) is 10.8 Å². The Balaban J connectivity index is 2.84. The molecule has 1 aromatic carbocycles. The van der Waals surface area contributed by atoms with Gasteiger partial charge in [-0.05, 0) is 19.1 Å². The lowest BCUT2D eigenvalue weighted by Gasteiger charge is -1.94. The van der Waals surface area contributed by atoms with Gasteiger partial charge in [0, 0.05) is 11.7 Å². The van der Waals surface area contributed by atoms with E-state index in [0.717, 1.165) is 11.3 Å². The topological polar surface area (TPSA) is 17.1 Å². The fraction of sp³-hybridized carbons (Fsp3) is 0.273. The van der Waals surface area contributed by atoms with Crippen LogP contribution in [0.25, 0.3) is 0 Å². The summed E-state index contributed by atoms with van der Waals surface area (Å²) in [4.78, 5) is 0.784. The van der Waals surface area contributed by atoms with Crippen molar-refractivity contribution in [3.8, 4) is 11.2 Å². The molecule has 13 heavy (non-hydrogen) atoms. The van der Waals surface area contributed by atoms with Crippen LogP contribution in [0.3, 0.4) is 0 Å². The maximum atomic E-state index is 11.5. The Labute approximate surface area is 81.6 Å². The largest absolute Gasteiger partial charge is 0.240 e. The minimum absolute atomic E-state index is 0.748. The van der Waals surface area contributed by atoms with Gasteiger partial charge >= 0.3 is 0 Å². The highest BCUT2D eigenvalue weighted by atomic mass is 32.2. The predicted octanol–water partition coefficient (Wildman–Crippen LogP) is 2.47. The van der Waals surface area contributed by atoms with Crippen molar-refractivity contribution in [1.82, 2.24) is 0 Å². The smallest absolute Gasteiger partial charge is 0.130 e. The summed E-state index contributed by atoms with van der Waals surface area (Å²) >= 11 is 0. The average Bonchev–Trinajstić information content (AvgIpc) is 2.15. The summed E-state index contributed by atoms with van der Waals surface area (Å²) in [5, 5.41) is 2.69. The first-order valence-corrected chi connectivity index (χ1v) is 5.36. The molecule has 0 heterocycles. The number of benzene rings is 1. The van der Waals surface area contributed by atoms with Crippen molar-refractivity contribution < 1.29 is 4.21 Å². The normalized spacial score (nSPS) is 11.5. The summed E-state index contributed by atoms with van der Waals surface area (Å²) in [6.45, 7) is 3.95. The fourth-order valence-corrected chi connectivity index (χ4v) is 1.64. The summed E-state index contributed by atoms with van der Waals surface area (Å²) < 4.78 is 11.5. The SMILES string of the molecule is CCC#CS(=O)c1ccc(C)cc1. The Morgan fingerprint density at radius 3 is 2.46 bits per heavy atom. The van der Waals surface area contributed by atoms with Crippen LogP contribution in [0.15, 0.2) is 29.2 Å². The van der Waals surface area contributed by atoms with E-state index in [9.17, 15) is 4.21 Å². The first-order valence-electron chi connectivity index (χ1n) is 4.21. The summed E-state index contributed by atoms with van der Waals surface area (Å²) in [5.74, 6) is 2.81. The molecule has 68 valence electrons. The van der Waals surface area contributed by atoms with E-state index in [1.54, 1.807) is 0 Å². The van der Waals surface area contributed by atoms with Crippen molar-refractivity contribution in [2.24, 2.45) is 0 Å². The maximum absolute atomic E-state index is 11.5. The van der Waals surface area contributed by atoms with Gasteiger partial charge in [-0.1, -0.05) is 30.5 Å². The van der Waals surface area contributed by atoms with E-state index in [-0.39, 0.29) is 0 Å². The van der Waals surface area contributed by atoms with E-state index in [2.05, 4.69) is 11.2 Å². The second-order valence-electron chi connectivity index (χ2n) is 2.71. The molecule has 1 aromatic rings. The molecule has 1 nitrogen and oxygen atoms in total.